The molecular formula is C17H19FN4O2. The Kier molecular flexibility index (Phi) is 3.76. The summed E-state index contributed by atoms with van der Waals surface area (Å²) in [6, 6.07) is 3.46. The summed E-state index contributed by atoms with van der Waals surface area (Å²) in [7, 11) is 0. The highest BCUT2D eigenvalue weighted by Crippen LogP contribution is 2.41. The number of carbonyl (C=O) groups is 1. The summed E-state index contributed by atoms with van der Waals surface area (Å²) >= 11 is 0. The van der Waals surface area contributed by atoms with Gasteiger partial charge in [0, 0.05) is 34.5 Å². The van der Waals surface area contributed by atoms with Crippen LogP contribution in [0.4, 0.5) is 10.2 Å². The molecule has 2 heterocycles. The number of pyridine rings is 2. The molecule has 1 saturated carbocycles. The van der Waals surface area contributed by atoms with E-state index in [1.54, 1.807) is 12.1 Å². The van der Waals surface area contributed by atoms with E-state index in [4.69, 9.17) is 11.5 Å². The van der Waals surface area contributed by atoms with Crippen molar-refractivity contribution in [3.8, 4) is 11.1 Å². The Labute approximate surface area is 138 Å². The zero-order valence-corrected chi connectivity index (χ0v) is 13.5. The average molecular weight is 330 g/mol. The molecule has 1 fully saturated rings. The lowest BCUT2D eigenvalue weighted by molar-refractivity contribution is 0.0751. The Hall–Kier alpha value is -2.54. The van der Waals surface area contributed by atoms with E-state index in [0.29, 0.717) is 11.5 Å². The van der Waals surface area contributed by atoms with Gasteiger partial charge in [0.15, 0.2) is 11.6 Å². The van der Waals surface area contributed by atoms with Crippen LogP contribution < -0.4 is 11.5 Å². The molecule has 7 heteroatoms. The van der Waals surface area contributed by atoms with Gasteiger partial charge in [0.25, 0.3) is 5.91 Å². The maximum atomic E-state index is 14.5. The molecule has 1 amide bonds. The van der Waals surface area contributed by atoms with Crippen molar-refractivity contribution in [1.82, 2.24) is 9.97 Å². The van der Waals surface area contributed by atoms with Crippen LogP contribution >= 0.6 is 0 Å². The second-order valence-electron chi connectivity index (χ2n) is 6.58. The predicted molar refractivity (Wildman–Crippen MR) is 87.6 cm³/mol. The van der Waals surface area contributed by atoms with Gasteiger partial charge in [0.2, 0.25) is 0 Å². The topological polar surface area (TPSA) is 115 Å². The van der Waals surface area contributed by atoms with Crippen molar-refractivity contribution in [3.63, 3.8) is 0 Å². The maximum Gasteiger partial charge on any atom is 0.267 e. The summed E-state index contributed by atoms with van der Waals surface area (Å²) in [5.41, 5.74) is 10.8. The number of nitrogen functional groups attached to an aromatic ring is 1. The van der Waals surface area contributed by atoms with E-state index in [2.05, 4.69) is 9.97 Å². The van der Waals surface area contributed by atoms with Crippen molar-refractivity contribution in [2.24, 2.45) is 5.73 Å². The number of aromatic nitrogens is 2. The van der Waals surface area contributed by atoms with Crippen LogP contribution in [0.15, 0.2) is 18.3 Å². The van der Waals surface area contributed by atoms with Gasteiger partial charge in [-0.15, -0.1) is 0 Å². The van der Waals surface area contributed by atoms with Crippen molar-refractivity contribution in [2.45, 2.75) is 38.2 Å². The lowest BCUT2D eigenvalue weighted by atomic mass is 9.89. The summed E-state index contributed by atoms with van der Waals surface area (Å²) in [5.74, 6) is -1.51. The van der Waals surface area contributed by atoms with Crippen LogP contribution in [0.2, 0.25) is 0 Å². The molecule has 0 radical (unpaired) electrons. The molecule has 24 heavy (non-hydrogen) atoms. The lowest BCUT2D eigenvalue weighted by Gasteiger charge is -2.23. The fraction of sp³-hybridized carbons (Fsp3) is 0.353. The van der Waals surface area contributed by atoms with E-state index in [0.717, 1.165) is 18.5 Å². The SMILES string of the molecule is CC(C)(O)c1c(-c2ccc(C3CC3)nc2C(N)=O)cnc(N)c1F. The van der Waals surface area contributed by atoms with Crippen LogP contribution in [0.25, 0.3) is 11.1 Å². The first-order chi connectivity index (χ1) is 11.2. The number of hydrogen-bond acceptors (Lipinski definition) is 5. The second-order valence-corrected chi connectivity index (χ2v) is 6.58. The smallest absolute Gasteiger partial charge is 0.267 e. The maximum absolute atomic E-state index is 14.5. The molecule has 1 aliphatic rings. The van der Waals surface area contributed by atoms with Crippen LogP contribution in [0.3, 0.4) is 0 Å². The Bertz CT molecular complexity index is 826. The van der Waals surface area contributed by atoms with E-state index in [1.165, 1.54) is 20.0 Å². The van der Waals surface area contributed by atoms with Gasteiger partial charge in [-0.05, 0) is 32.8 Å². The number of anilines is 1. The summed E-state index contributed by atoms with van der Waals surface area (Å²) in [6.45, 7) is 2.87. The summed E-state index contributed by atoms with van der Waals surface area (Å²) in [5, 5.41) is 10.4. The van der Waals surface area contributed by atoms with Gasteiger partial charge < -0.3 is 16.6 Å². The monoisotopic (exact) mass is 330 g/mol. The summed E-state index contributed by atoms with van der Waals surface area (Å²) in [6.07, 6.45) is 3.38. The molecule has 126 valence electrons. The van der Waals surface area contributed by atoms with Crippen molar-refractivity contribution in [3.05, 3.63) is 41.1 Å². The largest absolute Gasteiger partial charge is 0.386 e. The highest BCUT2D eigenvalue weighted by molar-refractivity contribution is 5.98. The van der Waals surface area contributed by atoms with Gasteiger partial charge in [0.1, 0.15) is 5.69 Å². The number of carbonyl (C=O) groups excluding carboxylic acids is 1. The third-order valence-corrected chi connectivity index (χ3v) is 4.09. The molecule has 0 aliphatic heterocycles. The number of halogens is 1. The Balaban J connectivity index is 2.26. The van der Waals surface area contributed by atoms with Gasteiger partial charge in [-0.1, -0.05) is 6.07 Å². The first kappa shape index (κ1) is 16.3. The zero-order chi connectivity index (χ0) is 17.6. The number of nitrogens with two attached hydrogens (primary N) is 2. The Morgan fingerprint density at radius 1 is 1.33 bits per heavy atom. The summed E-state index contributed by atoms with van der Waals surface area (Å²) < 4.78 is 14.5. The number of aliphatic hydroxyl groups is 1. The fourth-order valence-electron chi connectivity index (χ4n) is 2.79. The van der Waals surface area contributed by atoms with Crippen molar-refractivity contribution in [2.75, 3.05) is 5.73 Å². The molecule has 0 bridgehead atoms. The molecule has 0 saturated heterocycles. The molecule has 2 aromatic rings. The zero-order valence-electron chi connectivity index (χ0n) is 13.5. The molecule has 6 nitrogen and oxygen atoms in total. The molecule has 5 N–H and O–H groups in total. The number of rotatable bonds is 4. The standard InChI is InChI=1S/C17H19FN4O2/c1-17(2,24)12-10(7-21-15(19)13(12)18)9-5-6-11(8-3-4-8)22-14(9)16(20)23/h5-8,24H,3-4H2,1-2H3,(H2,19,21)(H2,20,23). The molecular weight excluding hydrogens is 311 g/mol. The molecule has 1 aliphatic carbocycles. The minimum atomic E-state index is -1.53. The van der Waals surface area contributed by atoms with Crippen LogP contribution in [0, 0.1) is 5.82 Å². The molecule has 0 atom stereocenters. The second kappa shape index (κ2) is 5.52. The normalized spacial score (nSPS) is 14.7. The van der Waals surface area contributed by atoms with Crippen LogP contribution in [0.5, 0.6) is 0 Å². The van der Waals surface area contributed by atoms with Crippen LogP contribution in [-0.2, 0) is 5.60 Å². The fourth-order valence-corrected chi connectivity index (χ4v) is 2.79. The van der Waals surface area contributed by atoms with Gasteiger partial charge in [0.05, 0.1) is 5.60 Å². The van der Waals surface area contributed by atoms with Crippen molar-refractivity contribution in [1.29, 1.82) is 0 Å². The van der Waals surface area contributed by atoms with Gasteiger partial charge in [-0.2, -0.15) is 0 Å². The van der Waals surface area contributed by atoms with Crippen molar-refractivity contribution >= 4 is 11.7 Å². The van der Waals surface area contributed by atoms with E-state index in [9.17, 15) is 14.3 Å². The molecule has 0 unspecified atom stereocenters. The molecule has 0 aromatic carbocycles. The van der Waals surface area contributed by atoms with Crippen LogP contribution in [0.1, 0.15) is 54.4 Å². The average Bonchev–Trinajstić information content (AvgIpc) is 3.32. The first-order valence-corrected chi connectivity index (χ1v) is 7.68. The highest BCUT2D eigenvalue weighted by Gasteiger charge is 2.31. The third-order valence-electron chi connectivity index (χ3n) is 4.09. The Morgan fingerprint density at radius 3 is 2.54 bits per heavy atom. The minimum absolute atomic E-state index is 0.0378. The van der Waals surface area contributed by atoms with Gasteiger partial charge >= 0.3 is 0 Å². The van der Waals surface area contributed by atoms with E-state index in [1.807, 2.05) is 0 Å². The molecule has 2 aromatic heterocycles. The van der Waals surface area contributed by atoms with Crippen LogP contribution in [-0.4, -0.2) is 21.0 Å². The summed E-state index contributed by atoms with van der Waals surface area (Å²) in [4.78, 5) is 20.0. The first-order valence-electron chi connectivity index (χ1n) is 7.68. The predicted octanol–water partition coefficient (Wildman–Crippen LogP) is 2.07. The minimum Gasteiger partial charge on any atom is -0.386 e. The van der Waals surface area contributed by atoms with E-state index < -0.39 is 17.3 Å². The molecule has 3 rings (SSSR count). The Morgan fingerprint density at radius 2 is 2.00 bits per heavy atom. The number of hydrogen-bond donors (Lipinski definition) is 3. The third kappa shape index (κ3) is 2.82. The quantitative estimate of drug-likeness (QED) is 0.794. The van der Waals surface area contributed by atoms with E-state index in [-0.39, 0.29) is 22.6 Å². The number of nitrogens with zero attached hydrogens (tertiary/aromatic N) is 2. The van der Waals surface area contributed by atoms with Gasteiger partial charge in [-0.25, -0.2) is 14.4 Å². The lowest BCUT2D eigenvalue weighted by Crippen LogP contribution is -2.22. The van der Waals surface area contributed by atoms with Gasteiger partial charge in [-0.3, -0.25) is 4.79 Å². The number of amides is 1. The molecule has 0 spiro atoms. The van der Waals surface area contributed by atoms with Crippen molar-refractivity contribution < 1.29 is 14.3 Å². The van der Waals surface area contributed by atoms with E-state index >= 15 is 0 Å². The number of primary amides is 1. The highest BCUT2D eigenvalue weighted by atomic mass is 19.1.